The van der Waals surface area contributed by atoms with Gasteiger partial charge in [-0.25, -0.2) is 0 Å². The Balaban J connectivity index is 1.98. The van der Waals surface area contributed by atoms with Crippen molar-refractivity contribution < 1.29 is 4.79 Å². The maximum absolute atomic E-state index is 12.7. The number of nitrogens with zero attached hydrogens (tertiary/aromatic N) is 2. The third-order valence-electron chi connectivity index (χ3n) is 3.62. The summed E-state index contributed by atoms with van der Waals surface area (Å²) in [6, 6.07) is 10.5. The highest BCUT2D eigenvalue weighted by Crippen LogP contribution is 2.25. The molecule has 0 fully saturated rings. The molecular weight excluding hydrogens is 331 g/mol. The zero-order valence-corrected chi connectivity index (χ0v) is 14.4. The second kappa shape index (κ2) is 6.34. The molecular formula is C18H16Cl2N2O. The van der Waals surface area contributed by atoms with Crippen molar-refractivity contribution in [2.24, 2.45) is 5.92 Å². The largest absolute Gasteiger partial charge is 0.289 e. The van der Waals surface area contributed by atoms with Gasteiger partial charge in [0.15, 0.2) is 5.78 Å². The monoisotopic (exact) mass is 346 g/mol. The highest BCUT2D eigenvalue weighted by Gasteiger charge is 2.15. The molecule has 0 N–H and O–H groups in total. The van der Waals surface area contributed by atoms with Gasteiger partial charge in [-0.1, -0.05) is 37.0 Å². The van der Waals surface area contributed by atoms with E-state index in [1.54, 1.807) is 24.4 Å². The predicted molar refractivity (Wildman–Crippen MR) is 94.5 cm³/mol. The van der Waals surface area contributed by atoms with Crippen LogP contribution in [0.3, 0.4) is 0 Å². The Hall–Kier alpha value is -1.84. The lowest BCUT2D eigenvalue weighted by atomic mass is 10.0. The average molecular weight is 347 g/mol. The third-order valence-corrected chi connectivity index (χ3v) is 4.17. The third kappa shape index (κ3) is 3.26. The van der Waals surface area contributed by atoms with Crippen LogP contribution in [0, 0.1) is 5.92 Å². The first-order valence-electron chi connectivity index (χ1n) is 7.41. The molecule has 2 aromatic carbocycles. The van der Waals surface area contributed by atoms with Crippen molar-refractivity contribution in [1.29, 1.82) is 0 Å². The number of ketones is 1. The Bertz CT molecular complexity index is 884. The molecule has 0 atom stereocenters. The first-order valence-corrected chi connectivity index (χ1v) is 8.16. The van der Waals surface area contributed by atoms with Crippen molar-refractivity contribution in [2.75, 3.05) is 0 Å². The molecule has 0 aliphatic rings. The smallest absolute Gasteiger partial charge is 0.194 e. The van der Waals surface area contributed by atoms with E-state index in [9.17, 15) is 4.79 Å². The fraction of sp³-hybridized carbons (Fsp3) is 0.222. The van der Waals surface area contributed by atoms with Gasteiger partial charge < -0.3 is 0 Å². The van der Waals surface area contributed by atoms with Crippen molar-refractivity contribution in [1.82, 2.24) is 9.78 Å². The minimum absolute atomic E-state index is 0.120. The van der Waals surface area contributed by atoms with Gasteiger partial charge in [0.2, 0.25) is 0 Å². The van der Waals surface area contributed by atoms with Crippen molar-refractivity contribution >= 4 is 39.9 Å². The normalized spacial score (nSPS) is 11.3. The molecule has 118 valence electrons. The molecule has 0 radical (unpaired) electrons. The molecule has 1 heterocycles. The Morgan fingerprint density at radius 2 is 1.96 bits per heavy atom. The number of hydrogen-bond donors (Lipinski definition) is 0. The van der Waals surface area contributed by atoms with Crippen LogP contribution >= 0.6 is 23.2 Å². The maximum Gasteiger partial charge on any atom is 0.194 e. The summed E-state index contributed by atoms with van der Waals surface area (Å²) in [5.74, 6) is 0.387. The van der Waals surface area contributed by atoms with Crippen LogP contribution in [-0.4, -0.2) is 15.6 Å². The minimum atomic E-state index is -0.120. The van der Waals surface area contributed by atoms with Gasteiger partial charge in [-0.2, -0.15) is 5.10 Å². The number of halogens is 2. The lowest BCUT2D eigenvalue weighted by Gasteiger charge is -2.07. The molecule has 3 nitrogen and oxygen atoms in total. The maximum atomic E-state index is 12.7. The molecule has 3 rings (SSSR count). The topological polar surface area (TPSA) is 34.9 Å². The zero-order chi connectivity index (χ0) is 16.6. The Kier molecular flexibility index (Phi) is 4.42. The lowest BCUT2D eigenvalue weighted by Crippen LogP contribution is -2.06. The SMILES string of the molecule is CC(C)Cn1ncc2cc(C(=O)c3ccc(Cl)cc3Cl)ccc21. The van der Waals surface area contributed by atoms with Crippen LogP contribution in [0.2, 0.25) is 10.0 Å². The molecule has 3 aromatic rings. The molecule has 0 amide bonds. The number of carbonyl (C=O) groups is 1. The molecule has 0 spiro atoms. The Morgan fingerprint density at radius 3 is 2.65 bits per heavy atom. The highest BCUT2D eigenvalue weighted by molar-refractivity contribution is 6.37. The molecule has 0 saturated heterocycles. The van der Waals surface area contributed by atoms with E-state index in [1.807, 2.05) is 22.9 Å². The van der Waals surface area contributed by atoms with Gasteiger partial charge >= 0.3 is 0 Å². The zero-order valence-electron chi connectivity index (χ0n) is 12.9. The van der Waals surface area contributed by atoms with Crippen LogP contribution in [-0.2, 0) is 6.54 Å². The second-order valence-corrected chi connectivity index (χ2v) is 6.79. The molecule has 0 aliphatic heterocycles. The van der Waals surface area contributed by atoms with Gasteiger partial charge in [0.25, 0.3) is 0 Å². The first kappa shape index (κ1) is 16.0. The number of hydrogen-bond acceptors (Lipinski definition) is 2. The predicted octanol–water partition coefficient (Wildman–Crippen LogP) is 5.23. The average Bonchev–Trinajstić information content (AvgIpc) is 2.88. The quantitative estimate of drug-likeness (QED) is 0.606. The molecule has 5 heteroatoms. The summed E-state index contributed by atoms with van der Waals surface area (Å²) in [6.45, 7) is 5.14. The van der Waals surface area contributed by atoms with Crippen LogP contribution in [0.1, 0.15) is 29.8 Å². The summed E-state index contributed by atoms with van der Waals surface area (Å²) in [5, 5.41) is 6.22. The van der Waals surface area contributed by atoms with Gasteiger partial charge in [-0.15, -0.1) is 0 Å². The van der Waals surface area contributed by atoms with Gasteiger partial charge in [-0.05, 0) is 42.3 Å². The Labute approximate surface area is 144 Å². The molecule has 0 aliphatic carbocycles. The minimum Gasteiger partial charge on any atom is -0.289 e. The van der Waals surface area contributed by atoms with Crippen molar-refractivity contribution in [2.45, 2.75) is 20.4 Å². The van der Waals surface area contributed by atoms with E-state index in [1.165, 1.54) is 0 Å². The van der Waals surface area contributed by atoms with E-state index >= 15 is 0 Å². The van der Waals surface area contributed by atoms with Gasteiger partial charge in [0, 0.05) is 28.1 Å². The van der Waals surface area contributed by atoms with E-state index in [2.05, 4.69) is 18.9 Å². The summed E-state index contributed by atoms with van der Waals surface area (Å²) in [5.41, 5.74) is 2.06. The number of rotatable bonds is 4. The van der Waals surface area contributed by atoms with Crippen LogP contribution < -0.4 is 0 Å². The Morgan fingerprint density at radius 1 is 1.17 bits per heavy atom. The highest BCUT2D eigenvalue weighted by atomic mass is 35.5. The summed E-state index contributed by atoms with van der Waals surface area (Å²) in [7, 11) is 0. The molecule has 0 bridgehead atoms. The summed E-state index contributed by atoms with van der Waals surface area (Å²) in [4.78, 5) is 12.7. The van der Waals surface area contributed by atoms with E-state index < -0.39 is 0 Å². The van der Waals surface area contributed by atoms with E-state index in [0.717, 1.165) is 17.4 Å². The van der Waals surface area contributed by atoms with E-state index in [0.29, 0.717) is 27.1 Å². The molecule has 0 saturated carbocycles. The van der Waals surface area contributed by atoms with Gasteiger partial charge in [-0.3, -0.25) is 9.48 Å². The first-order chi connectivity index (χ1) is 11.0. The van der Waals surface area contributed by atoms with Crippen LogP contribution in [0.15, 0.2) is 42.6 Å². The summed E-state index contributed by atoms with van der Waals surface area (Å²) < 4.78 is 1.96. The fourth-order valence-corrected chi connectivity index (χ4v) is 3.04. The van der Waals surface area contributed by atoms with Crippen LogP contribution in [0.25, 0.3) is 10.9 Å². The fourth-order valence-electron chi connectivity index (χ4n) is 2.55. The summed E-state index contributed by atoms with van der Waals surface area (Å²) >= 11 is 12.0. The molecule has 23 heavy (non-hydrogen) atoms. The number of carbonyl (C=O) groups excluding carboxylic acids is 1. The summed E-state index contributed by atoms with van der Waals surface area (Å²) in [6.07, 6.45) is 1.79. The number of benzene rings is 2. The second-order valence-electron chi connectivity index (χ2n) is 5.95. The standard InChI is InChI=1S/C18H16Cl2N2O/c1-11(2)10-22-17-6-3-12(7-13(17)9-21-22)18(23)15-5-4-14(19)8-16(15)20/h3-9,11H,10H2,1-2H3. The number of fused-ring (bicyclic) bond motifs is 1. The van der Waals surface area contributed by atoms with Crippen molar-refractivity contribution in [3.63, 3.8) is 0 Å². The molecule has 1 aromatic heterocycles. The van der Waals surface area contributed by atoms with Crippen LogP contribution in [0.5, 0.6) is 0 Å². The number of aromatic nitrogens is 2. The van der Waals surface area contributed by atoms with Gasteiger partial charge in [0.1, 0.15) is 0 Å². The van der Waals surface area contributed by atoms with E-state index in [-0.39, 0.29) is 5.78 Å². The lowest BCUT2D eigenvalue weighted by molar-refractivity contribution is 0.103. The van der Waals surface area contributed by atoms with Crippen LogP contribution in [0.4, 0.5) is 0 Å². The van der Waals surface area contributed by atoms with Crippen molar-refractivity contribution in [3.05, 3.63) is 63.8 Å². The van der Waals surface area contributed by atoms with Gasteiger partial charge in [0.05, 0.1) is 16.7 Å². The van der Waals surface area contributed by atoms with E-state index in [4.69, 9.17) is 23.2 Å². The van der Waals surface area contributed by atoms with Crippen molar-refractivity contribution in [3.8, 4) is 0 Å². The molecule has 0 unspecified atom stereocenters.